The lowest BCUT2D eigenvalue weighted by molar-refractivity contribution is 0.0680. The molecule has 20 heavy (non-hydrogen) atoms. The normalized spacial score (nSPS) is 12.3. The van der Waals surface area contributed by atoms with Crippen LogP contribution in [0.15, 0.2) is 18.2 Å². The number of rotatable bonds is 6. The molecule has 2 N–H and O–H groups in total. The number of nitrogen functional groups attached to an aromatic ring is 1. The van der Waals surface area contributed by atoms with Gasteiger partial charge in [-0.3, -0.25) is 4.79 Å². The molecular formula is C15H25N3O2. The third-order valence-corrected chi connectivity index (χ3v) is 3.28. The molecule has 1 rings (SSSR count). The summed E-state index contributed by atoms with van der Waals surface area (Å²) in [5.74, 6) is 0.477. The van der Waals surface area contributed by atoms with Gasteiger partial charge in [0.15, 0.2) is 0 Å². The van der Waals surface area contributed by atoms with Gasteiger partial charge < -0.3 is 20.3 Å². The predicted octanol–water partition coefficient (Wildman–Crippen LogP) is 1.69. The second-order valence-electron chi connectivity index (χ2n) is 5.12. The second-order valence-corrected chi connectivity index (χ2v) is 5.12. The fraction of sp³-hybridized carbons (Fsp3) is 0.533. The van der Waals surface area contributed by atoms with Crippen molar-refractivity contribution >= 4 is 11.6 Å². The second kappa shape index (κ2) is 7.14. The SMILES string of the molecule is CCN(C(=O)c1cccc(OC)c1N)C(C)CN(C)C. The summed E-state index contributed by atoms with van der Waals surface area (Å²) < 4.78 is 5.17. The topological polar surface area (TPSA) is 58.8 Å². The average molecular weight is 279 g/mol. The number of benzene rings is 1. The summed E-state index contributed by atoms with van der Waals surface area (Å²) in [5.41, 5.74) is 6.90. The molecule has 1 aromatic rings. The Morgan fingerprint density at radius 1 is 1.40 bits per heavy atom. The van der Waals surface area contributed by atoms with E-state index in [1.165, 1.54) is 0 Å². The van der Waals surface area contributed by atoms with Gasteiger partial charge in [0.25, 0.3) is 5.91 Å². The highest BCUT2D eigenvalue weighted by molar-refractivity contribution is 6.00. The molecule has 5 nitrogen and oxygen atoms in total. The first-order valence-electron chi connectivity index (χ1n) is 6.80. The van der Waals surface area contributed by atoms with E-state index in [9.17, 15) is 4.79 Å². The van der Waals surface area contributed by atoms with Crippen molar-refractivity contribution in [2.24, 2.45) is 0 Å². The van der Waals surface area contributed by atoms with E-state index in [1.54, 1.807) is 25.3 Å². The third-order valence-electron chi connectivity index (χ3n) is 3.28. The molecule has 0 heterocycles. The molecule has 0 radical (unpaired) electrons. The van der Waals surface area contributed by atoms with Crippen molar-refractivity contribution < 1.29 is 9.53 Å². The summed E-state index contributed by atoms with van der Waals surface area (Å²) in [5, 5.41) is 0. The molecule has 1 aromatic carbocycles. The first-order chi connectivity index (χ1) is 9.42. The van der Waals surface area contributed by atoms with E-state index < -0.39 is 0 Å². The Labute approximate surface area is 121 Å². The van der Waals surface area contributed by atoms with E-state index in [0.717, 1.165) is 6.54 Å². The van der Waals surface area contributed by atoms with Gasteiger partial charge in [0, 0.05) is 19.1 Å². The van der Waals surface area contributed by atoms with E-state index in [-0.39, 0.29) is 11.9 Å². The van der Waals surface area contributed by atoms with Crippen molar-refractivity contribution in [2.45, 2.75) is 19.9 Å². The molecule has 0 aliphatic heterocycles. The molecule has 112 valence electrons. The molecule has 0 aromatic heterocycles. The zero-order valence-electron chi connectivity index (χ0n) is 13.0. The van der Waals surface area contributed by atoms with Crippen molar-refractivity contribution in [3.8, 4) is 5.75 Å². The number of carbonyl (C=O) groups is 1. The molecule has 5 heteroatoms. The standard InChI is InChI=1S/C15H25N3O2/c1-6-18(11(2)10-17(3)4)15(19)12-8-7-9-13(20-5)14(12)16/h7-9,11H,6,10,16H2,1-5H3. The Kier molecular flexibility index (Phi) is 5.82. The van der Waals surface area contributed by atoms with Crippen molar-refractivity contribution in [1.82, 2.24) is 9.80 Å². The van der Waals surface area contributed by atoms with Gasteiger partial charge in [-0.05, 0) is 40.1 Å². The average Bonchev–Trinajstić information content (AvgIpc) is 2.38. The van der Waals surface area contributed by atoms with Crippen LogP contribution in [-0.4, -0.2) is 56.0 Å². The summed E-state index contributed by atoms with van der Waals surface area (Å²) in [7, 11) is 5.54. The molecule has 0 fully saturated rings. The monoisotopic (exact) mass is 279 g/mol. The fourth-order valence-electron chi connectivity index (χ4n) is 2.35. The van der Waals surface area contributed by atoms with Crippen LogP contribution in [0.25, 0.3) is 0 Å². The number of nitrogens with two attached hydrogens (primary N) is 1. The van der Waals surface area contributed by atoms with Crippen molar-refractivity contribution in [1.29, 1.82) is 0 Å². The van der Waals surface area contributed by atoms with Gasteiger partial charge in [-0.1, -0.05) is 6.07 Å². The lowest BCUT2D eigenvalue weighted by atomic mass is 10.1. The lowest BCUT2D eigenvalue weighted by Crippen LogP contribution is -2.43. The molecular weight excluding hydrogens is 254 g/mol. The van der Waals surface area contributed by atoms with Crippen LogP contribution >= 0.6 is 0 Å². The Balaban J connectivity index is 3.02. The maximum absolute atomic E-state index is 12.7. The van der Waals surface area contributed by atoms with E-state index in [0.29, 0.717) is 23.5 Å². The number of hydrogen-bond donors (Lipinski definition) is 1. The van der Waals surface area contributed by atoms with Gasteiger partial charge >= 0.3 is 0 Å². The molecule has 0 aliphatic carbocycles. The third kappa shape index (κ3) is 3.63. The zero-order valence-corrected chi connectivity index (χ0v) is 13.0. The molecule has 1 unspecified atom stereocenters. The zero-order chi connectivity index (χ0) is 15.3. The lowest BCUT2D eigenvalue weighted by Gasteiger charge is -2.30. The van der Waals surface area contributed by atoms with Gasteiger partial charge in [0.05, 0.1) is 18.4 Å². The smallest absolute Gasteiger partial charge is 0.256 e. The predicted molar refractivity (Wildman–Crippen MR) is 82.1 cm³/mol. The van der Waals surface area contributed by atoms with Crippen LogP contribution in [0.3, 0.4) is 0 Å². The maximum Gasteiger partial charge on any atom is 0.256 e. The first-order valence-corrected chi connectivity index (χ1v) is 6.80. The highest BCUT2D eigenvalue weighted by Gasteiger charge is 2.23. The quantitative estimate of drug-likeness (QED) is 0.805. The minimum atomic E-state index is -0.0572. The summed E-state index contributed by atoms with van der Waals surface area (Å²) in [6.07, 6.45) is 0. The molecule has 0 saturated heterocycles. The first kappa shape index (κ1) is 16.3. The van der Waals surface area contributed by atoms with Gasteiger partial charge in [-0.15, -0.1) is 0 Å². The number of hydrogen-bond acceptors (Lipinski definition) is 4. The van der Waals surface area contributed by atoms with Crippen LogP contribution in [0.1, 0.15) is 24.2 Å². The van der Waals surface area contributed by atoms with Crippen LogP contribution in [-0.2, 0) is 0 Å². The van der Waals surface area contributed by atoms with Crippen LogP contribution < -0.4 is 10.5 Å². The number of likely N-dealkylation sites (N-methyl/N-ethyl adjacent to an activating group) is 2. The summed E-state index contributed by atoms with van der Waals surface area (Å²) in [6, 6.07) is 5.40. The van der Waals surface area contributed by atoms with Crippen molar-refractivity contribution in [3.05, 3.63) is 23.8 Å². The Morgan fingerprint density at radius 2 is 2.05 bits per heavy atom. The van der Waals surface area contributed by atoms with Crippen LogP contribution in [0.4, 0.5) is 5.69 Å². The maximum atomic E-state index is 12.7. The number of nitrogens with zero attached hydrogens (tertiary/aromatic N) is 2. The summed E-state index contributed by atoms with van der Waals surface area (Å²) in [4.78, 5) is 16.5. The molecule has 0 bridgehead atoms. The minimum absolute atomic E-state index is 0.0572. The molecule has 1 atom stereocenters. The van der Waals surface area contributed by atoms with Crippen LogP contribution in [0, 0.1) is 0 Å². The number of para-hydroxylation sites is 1. The van der Waals surface area contributed by atoms with Gasteiger partial charge in [-0.25, -0.2) is 0 Å². The van der Waals surface area contributed by atoms with E-state index in [2.05, 4.69) is 4.90 Å². The van der Waals surface area contributed by atoms with E-state index in [4.69, 9.17) is 10.5 Å². The van der Waals surface area contributed by atoms with Crippen molar-refractivity contribution in [3.63, 3.8) is 0 Å². The number of methoxy groups -OCH3 is 1. The van der Waals surface area contributed by atoms with Crippen molar-refractivity contribution in [2.75, 3.05) is 40.0 Å². The highest BCUT2D eigenvalue weighted by Crippen LogP contribution is 2.26. The van der Waals surface area contributed by atoms with Gasteiger partial charge in [0.1, 0.15) is 5.75 Å². The van der Waals surface area contributed by atoms with Gasteiger partial charge in [0.2, 0.25) is 0 Å². The van der Waals surface area contributed by atoms with E-state index >= 15 is 0 Å². The number of ether oxygens (including phenoxy) is 1. The van der Waals surface area contributed by atoms with Crippen LogP contribution in [0.2, 0.25) is 0 Å². The number of carbonyl (C=O) groups excluding carboxylic acids is 1. The number of anilines is 1. The highest BCUT2D eigenvalue weighted by atomic mass is 16.5. The number of amides is 1. The molecule has 0 spiro atoms. The largest absolute Gasteiger partial charge is 0.495 e. The van der Waals surface area contributed by atoms with Crippen LogP contribution in [0.5, 0.6) is 5.75 Å². The molecule has 0 saturated carbocycles. The Hall–Kier alpha value is -1.75. The summed E-state index contributed by atoms with van der Waals surface area (Å²) >= 11 is 0. The molecule has 1 amide bonds. The van der Waals surface area contributed by atoms with Gasteiger partial charge in [-0.2, -0.15) is 0 Å². The Morgan fingerprint density at radius 3 is 2.55 bits per heavy atom. The Bertz CT molecular complexity index is 460. The minimum Gasteiger partial charge on any atom is -0.495 e. The van der Waals surface area contributed by atoms with E-state index in [1.807, 2.05) is 32.8 Å². The summed E-state index contributed by atoms with van der Waals surface area (Å²) in [6.45, 7) is 5.46. The molecule has 0 aliphatic rings. The fourth-order valence-corrected chi connectivity index (χ4v) is 2.35.